The van der Waals surface area contributed by atoms with Crippen LogP contribution in [-0.2, 0) is 6.54 Å². The maximum absolute atomic E-state index is 13.3. The van der Waals surface area contributed by atoms with Gasteiger partial charge in [-0.2, -0.15) is 0 Å². The quantitative estimate of drug-likeness (QED) is 0.556. The first-order valence-corrected chi connectivity index (χ1v) is 10.5. The van der Waals surface area contributed by atoms with Crippen molar-refractivity contribution < 1.29 is 5.11 Å². The Labute approximate surface area is 180 Å². The molecule has 2 aromatic heterocycles. The summed E-state index contributed by atoms with van der Waals surface area (Å²) in [5, 5.41) is 10.7. The van der Waals surface area contributed by atoms with Gasteiger partial charge in [0.15, 0.2) is 0 Å². The summed E-state index contributed by atoms with van der Waals surface area (Å²) in [6.07, 6.45) is 5.56. The van der Waals surface area contributed by atoms with Crippen LogP contribution in [-0.4, -0.2) is 40.8 Å². The zero-order valence-corrected chi connectivity index (χ0v) is 17.2. The normalized spacial score (nSPS) is 14.2. The van der Waals surface area contributed by atoms with Crippen LogP contribution in [0.3, 0.4) is 0 Å². The molecule has 1 aliphatic heterocycles. The van der Waals surface area contributed by atoms with Crippen molar-refractivity contribution in [2.75, 3.05) is 36.0 Å². The maximum Gasteiger partial charge on any atom is 0.212 e. The van der Waals surface area contributed by atoms with Gasteiger partial charge in [0, 0.05) is 68.5 Å². The molecule has 31 heavy (non-hydrogen) atoms. The second-order valence-corrected chi connectivity index (χ2v) is 7.84. The third kappa shape index (κ3) is 3.84. The molecule has 1 N–H and O–H groups in total. The number of rotatable bonds is 4. The minimum absolute atomic E-state index is 0.0108. The number of phenolic OH excluding ortho intramolecular Hbond substituents is 1. The Morgan fingerprint density at radius 2 is 1.58 bits per heavy atom. The van der Waals surface area contributed by atoms with Crippen LogP contribution >= 0.6 is 0 Å². The minimum atomic E-state index is 0.0108. The number of pyridine rings is 2. The number of nitrogens with zero attached hydrogens (tertiary/aromatic N) is 4. The van der Waals surface area contributed by atoms with Crippen LogP contribution in [0.15, 0.2) is 84.0 Å². The monoisotopic (exact) mass is 412 g/mol. The Bertz CT molecular complexity index is 1250. The van der Waals surface area contributed by atoms with Gasteiger partial charge in [-0.25, -0.2) is 0 Å². The van der Waals surface area contributed by atoms with Crippen LogP contribution < -0.4 is 15.2 Å². The van der Waals surface area contributed by atoms with Crippen LogP contribution in [0.25, 0.3) is 10.9 Å². The van der Waals surface area contributed by atoms with Crippen molar-refractivity contribution in [1.82, 2.24) is 9.55 Å². The third-order valence-corrected chi connectivity index (χ3v) is 5.89. The molecule has 0 bridgehead atoms. The summed E-state index contributed by atoms with van der Waals surface area (Å²) in [5.74, 6) is 0.160. The Morgan fingerprint density at radius 1 is 0.871 bits per heavy atom. The lowest BCUT2D eigenvalue weighted by Gasteiger charge is -2.37. The molecular formula is C25H24N4O2. The number of aromatic hydroxyl groups is 1. The van der Waals surface area contributed by atoms with Gasteiger partial charge in [0.25, 0.3) is 0 Å². The second kappa shape index (κ2) is 8.14. The lowest BCUT2D eigenvalue weighted by Crippen LogP contribution is -2.48. The molecule has 0 amide bonds. The van der Waals surface area contributed by atoms with Crippen LogP contribution in [0, 0.1) is 0 Å². The van der Waals surface area contributed by atoms with Crippen molar-refractivity contribution >= 4 is 22.3 Å². The van der Waals surface area contributed by atoms with Crippen LogP contribution in [0.2, 0.25) is 0 Å². The molecular weight excluding hydrogens is 388 g/mol. The second-order valence-electron chi connectivity index (χ2n) is 7.84. The fourth-order valence-corrected chi connectivity index (χ4v) is 4.26. The Kier molecular flexibility index (Phi) is 5.04. The number of anilines is 2. The largest absolute Gasteiger partial charge is 0.508 e. The molecule has 3 heterocycles. The fraction of sp³-hybridized carbons (Fsp3) is 0.200. The topological polar surface area (TPSA) is 61.6 Å². The number of phenols is 1. The van der Waals surface area contributed by atoms with Crippen molar-refractivity contribution in [3.05, 3.63) is 95.0 Å². The Balaban J connectivity index is 1.50. The van der Waals surface area contributed by atoms with Gasteiger partial charge in [0.2, 0.25) is 5.43 Å². The van der Waals surface area contributed by atoms with Gasteiger partial charge < -0.3 is 19.5 Å². The van der Waals surface area contributed by atoms with Gasteiger partial charge in [-0.3, -0.25) is 9.78 Å². The molecule has 0 atom stereocenters. The minimum Gasteiger partial charge on any atom is -0.508 e. The highest BCUT2D eigenvalue weighted by Crippen LogP contribution is 2.24. The summed E-state index contributed by atoms with van der Waals surface area (Å²) < 4.78 is 2.07. The van der Waals surface area contributed by atoms with Crippen molar-refractivity contribution in [2.45, 2.75) is 6.54 Å². The van der Waals surface area contributed by atoms with Gasteiger partial charge in [0.1, 0.15) is 11.4 Å². The zero-order chi connectivity index (χ0) is 21.2. The van der Waals surface area contributed by atoms with Crippen molar-refractivity contribution in [3.8, 4) is 5.75 Å². The van der Waals surface area contributed by atoms with Crippen molar-refractivity contribution in [2.24, 2.45) is 0 Å². The highest BCUT2D eigenvalue weighted by atomic mass is 16.3. The Morgan fingerprint density at radius 3 is 2.32 bits per heavy atom. The van der Waals surface area contributed by atoms with Gasteiger partial charge in [0.05, 0.1) is 5.52 Å². The molecule has 6 heteroatoms. The first-order valence-electron chi connectivity index (χ1n) is 10.5. The molecule has 1 aliphatic rings. The predicted octanol–water partition coefficient (Wildman–Crippen LogP) is 3.48. The number of benzene rings is 2. The molecule has 0 unspecified atom stereocenters. The molecule has 0 saturated carbocycles. The van der Waals surface area contributed by atoms with E-state index in [-0.39, 0.29) is 11.2 Å². The van der Waals surface area contributed by atoms with Crippen LogP contribution in [0.4, 0.5) is 11.4 Å². The molecule has 4 aromatic rings. The van der Waals surface area contributed by atoms with E-state index in [1.165, 1.54) is 0 Å². The average Bonchev–Trinajstić information content (AvgIpc) is 2.82. The van der Waals surface area contributed by atoms with E-state index in [1.54, 1.807) is 18.2 Å². The number of piperazine rings is 1. The van der Waals surface area contributed by atoms with Gasteiger partial charge in [-0.15, -0.1) is 0 Å². The molecule has 0 aliphatic carbocycles. The van der Waals surface area contributed by atoms with E-state index in [2.05, 4.69) is 31.5 Å². The first kappa shape index (κ1) is 19.2. The summed E-state index contributed by atoms with van der Waals surface area (Å²) in [6, 6.07) is 19.2. The molecule has 0 spiro atoms. The molecule has 156 valence electrons. The van der Waals surface area contributed by atoms with E-state index in [9.17, 15) is 9.90 Å². The van der Waals surface area contributed by atoms with Crippen LogP contribution in [0.1, 0.15) is 5.56 Å². The molecule has 1 fully saturated rings. The van der Waals surface area contributed by atoms with Gasteiger partial charge in [-0.1, -0.05) is 30.3 Å². The third-order valence-electron chi connectivity index (χ3n) is 5.89. The molecule has 1 saturated heterocycles. The molecule has 6 nitrogen and oxygen atoms in total. The van der Waals surface area contributed by atoms with E-state index in [0.717, 1.165) is 42.9 Å². The SMILES string of the molecule is O=c1c(N2CCN(c3ccncc3)CC2)cn(Cc2ccccc2)c2cc(O)ccc12. The van der Waals surface area contributed by atoms with E-state index in [4.69, 9.17) is 0 Å². The number of hydrogen-bond donors (Lipinski definition) is 1. The summed E-state index contributed by atoms with van der Waals surface area (Å²) in [4.78, 5) is 21.9. The lowest BCUT2D eigenvalue weighted by atomic mass is 10.1. The van der Waals surface area contributed by atoms with Gasteiger partial charge >= 0.3 is 0 Å². The molecule has 2 aromatic carbocycles. The summed E-state index contributed by atoms with van der Waals surface area (Å²) in [6.45, 7) is 3.86. The van der Waals surface area contributed by atoms with E-state index in [0.29, 0.717) is 17.6 Å². The van der Waals surface area contributed by atoms with E-state index in [1.807, 2.05) is 48.9 Å². The summed E-state index contributed by atoms with van der Waals surface area (Å²) in [5.41, 5.74) is 3.77. The number of hydrogen-bond acceptors (Lipinski definition) is 5. The number of fused-ring (bicyclic) bond motifs is 1. The fourth-order valence-electron chi connectivity index (χ4n) is 4.26. The highest BCUT2D eigenvalue weighted by Gasteiger charge is 2.21. The highest BCUT2D eigenvalue weighted by molar-refractivity contribution is 5.83. The Hall–Kier alpha value is -3.80. The predicted molar refractivity (Wildman–Crippen MR) is 124 cm³/mol. The summed E-state index contributed by atoms with van der Waals surface area (Å²) >= 11 is 0. The smallest absolute Gasteiger partial charge is 0.212 e. The van der Waals surface area contributed by atoms with E-state index >= 15 is 0 Å². The maximum atomic E-state index is 13.3. The summed E-state index contributed by atoms with van der Waals surface area (Å²) in [7, 11) is 0. The van der Waals surface area contributed by atoms with Gasteiger partial charge in [-0.05, 0) is 29.8 Å². The molecule has 0 radical (unpaired) electrons. The first-order chi connectivity index (χ1) is 15.2. The van der Waals surface area contributed by atoms with Crippen molar-refractivity contribution in [1.29, 1.82) is 0 Å². The van der Waals surface area contributed by atoms with Crippen molar-refractivity contribution in [3.63, 3.8) is 0 Å². The molecule has 5 rings (SSSR count). The number of aromatic nitrogens is 2. The standard InChI is InChI=1S/C25H24N4O2/c30-21-6-7-22-23(16-21)29(17-19-4-2-1-3-5-19)18-24(25(22)31)28-14-12-27(13-15-28)20-8-10-26-11-9-20/h1-11,16,18,30H,12-15,17H2. The van der Waals surface area contributed by atoms with E-state index < -0.39 is 0 Å². The lowest BCUT2D eigenvalue weighted by molar-refractivity contribution is 0.476. The zero-order valence-electron chi connectivity index (χ0n) is 17.2. The van der Waals surface area contributed by atoms with Crippen LogP contribution in [0.5, 0.6) is 5.75 Å². The average molecular weight is 412 g/mol.